The van der Waals surface area contributed by atoms with Crippen molar-refractivity contribution in [3.63, 3.8) is 0 Å². The van der Waals surface area contributed by atoms with Crippen LogP contribution in [0, 0.1) is 5.92 Å². The second-order valence-corrected chi connectivity index (χ2v) is 6.08. The van der Waals surface area contributed by atoms with Gasteiger partial charge in [-0.05, 0) is 12.3 Å². The Morgan fingerprint density at radius 3 is 3.16 bits per heavy atom. The van der Waals surface area contributed by atoms with Gasteiger partial charge < -0.3 is 10.1 Å². The lowest BCUT2D eigenvalue weighted by Gasteiger charge is -2.22. The molecule has 1 aromatic rings. The number of methoxy groups -OCH3 is 1. The van der Waals surface area contributed by atoms with Gasteiger partial charge in [-0.2, -0.15) is 5.10 Å². The van der Waals surface area contributed by atoms with Crippen molar-refractivity contribution in [3.05, 3.63) is 12.4 Å². The SMILES string of the molecule is COCCn1cc(NC2=NC(C(C)C)CCS2)cn1. The van der Waals surface area contributed by atoms with Gasteiger partial charge in [-0.3, -0.25) is 9.67 Å². The number of anilines is 1. The molecular formula is C13H22N4OS. The maximum atomic E-state index is 5.04. The molecule has 2 heterocycles. The van der Waals surface area contributed by atoms with Crippen molar-refractivity contribution in [2.75, 3.05) is 24.8 Å². The fourth-order valence-corrected chi connectivity index (χ4v) is 2.89. The molecule has 2 rings (SSSR count). The largest absolute Gasteiger partial charge is 0.383 e. The first-order valence-corrected chi connectivity index (χ1v) is 7.66. The van der Waals surface area contributed by atoms with Crippen LogP contribution in [0.3, 0.4) is 0 Å². The fourth-order valence-electron chi connectivity index (χ4n) is 1.94. The Hall–Kier alpha value is -1.01. The van der Waals surface area contributed by atoms with Crippen molar-refractivity contribution in [1.82, 2.24) is 9.78 Å². The molecule has 1 unspecified atom stereocenters. The lowest BCUT2D eigenvalue weighted by atomic mass is 10.0. The van der Waals surface area contributed by atoms with E-state index in [1.807, 2.05) is 17.1 Å². The quantitative estimate of drug-likeness (QED) is 0.901. The number of hydrogen-bond acceptors (Lipinski definition) is 5. The maximum Gasteiger partial charge on any atom is 0.161 e. The van der Waals surface area contributed by atoms with E-state index in [9.17, 15) is 0 Å². The first-order valence-electron chi connectivity index (χ1n) is 6.68. The van der Waals surface area contributed by atoms with E-state index >= 15 is 0 Å². The summed E-state index contributed by atoms with van der Waals surface area (Å²) in [4.78, 5) is 4.75. The molecule has 1 atom stereocenters. The molecule has 19 heavy (non-hydrogen) atoms. The molecule has 5 nitrogen and oxygen atoms in total. The number of aliphatic imine (C=N–C) groups is 1. The molecule has 0 bridgehead atoms. The third kappa shape index (κ3) is 4.24. The van der Waals surface area contributed by atoms with Gasteiger partial charge in [0.2, 0.25) is 0 Å². The normalized spacial score (nSPS) is 19.6. The minimum atomic E-state index is 0.437. The highest BCUT2D eigenvalue weighted by Gasteiger charge is 2.18. The van der Waals surface area contributed by atoms with Gasteiger partial charge in [-0.1, -0.05) is 25.6 Å². The summed E-state index contributed by atoms with van der Waals surface area (Å²) in [7, 11) is 1.70. The molecule has 106 valence electrons. The summed E-state index contributed by atoms with van der Waals surface area (Å²) in [5.41, 5.74) is 0.992. The number of nitrogens with one attached hydrogen (secondary N) is 1. The number of hydrogen-bond donors (Lipinski definition) is 1. The molecule has 0 amide bonds. The molecule has 1 aliphatic rings. The van der Waals surface area contributed by atoms with Gasteiger partial charge in [0.1, 0.15) is 0 Å². The zero-order valence-electron chi connectivity index (χ0n) is 11.8. The molecule has 0 saturated heterocycles. The average Bonchev–Trinajstić information content (AvgIpc) is 2.84. The van der Waals surface area contributed by atoms with Crippen LogP contribution in [0.25, 0.3) is 0 Å². The van der Waals surface area contributed by atoms with Crippen LogP contribution in [0.4, 0.5) is 5.69 Å². The summed E-state index contributed by atoms with van der Waals surface area (Å²) in [5, 5.41) is 8.64. The minimum absolute atomic E-state index is 0.437. The van der Waals surface area contributed by atoms with Gasteiger partial charge in [0, 0.05) is 19.1 Å². The van der Waals surface area contributed by atoms with Gasteiger partial charge >= 0.3 is 0 Å². The van der Waals surface area contributed by atoms with E-state index < -0.39 is 0 Å². The van der Waals surface area contributed by atoms with E-state index in [1.165, 1.54) is 6.42 Å². The number of amidine groups is 1. The van der Waals surface area contributed by atoms with Crippen molar-refractivity contribution in [2.24, 2.45) is 10.9 Å². The van der Waals surface area contributed by atoms with Crippen LogP contribution in [0.15, 0.2) is 17.4 Å². The Morgan fingerprint density at radius 2 is 2.42 bits per heavy atom. The van der Waals surface area contributed by atoms with Crippen molar-refractivity contribution < 1.29 is 4.74 Å². The fraction of sp³-hybridized carbons (Fsp3) is 0.692. The Morgan fingerprint density at radius 1 is 1.58 bits per heavy atom. The van der Waals surface area contributed by atoms with Crippen LogP contribution < -0.4 is 5.32 Å². The molecule has 0 fully saturated rings. The molecule has 1 N–H and O–H groups in total. The van der Waals surface area contributed by atoms with Gasteiger partial charge in [0.05, 0.1) is 31.1 Å². The van der Waals surface area contributed by atoms with Gasteiger partial charge in [-0.25, -0.2) is 0 Å². The molecule has 1 aliphatic heterocycles. The summed E-state index contributed by atoms with van der Waals surface area (Å²) < 4.78 is 6.91. The van der Waals surface area contributed by atoms with Crippen LogP contribution >= 0.6 is 11.8 Å². The van der Waals surface area contributed by atoms with E-state index in [0.29, 0.717) is 18.6 Å². The van der Waals surface area contributed by atoms with E-state index in [4.69, 9.17) is 9.73 Å². The summed E-state index contributed by atoms with van der Waals surface area (Å²) in [5.74, 6) is 1.73. The van der Waals surface area contributed by atoms with E-state index in [0.717, 1.165) is 23.2 Å². The van der Waals surface area contributed by atoms with Crippen molar-refractivity contribution >= 4 is 22.6 Å². The molecule has 0 radical (unpaired) electrons. The van der Waals surface area contributed by atoms with Crippen LogP contribution in [0.1, 0.15) is 20.3 Å². The van der Waals surface area contributed by atoms with Gasteiger partial charge in [-0.15, -0.1) is 0 Å². The topological polar surface area (TPSA) is 51.4 Å². The van der Waals surface area contributed by atoms with E-state index in [-0.39, 0.29) is 0 Å². The van der Waals surface area contributed by atoms with Crippen molar-refractivity contribution in [1.29, 1.82) is 0 Å². The zero-order chi connectivity index (χ0) is 13.7. The lowest BCUT2D eigenvalue weighted by molar-refractivity contribution is 0.183. The first-order chi connectivity index (χ1) is 9.19. The number of aromatic nitrogens is 2. The minimum Gasteiger partial charge on any atom is -0.383 e. The van der Waals surface area contributed by atoms with Crippen molar-refractivity contribution in [3.8, 4) is 0 Å². The molecule has 0 aliphatic carbocycles. The monoisotopic (exact) mass is 282 g/mol. The second-order valence-electron chi connectivity index (χ2n) is 4.99. The van der Waals surface area contributed by atoms with Crippen LogP contribution in [-0.2, 0) is 11.3 Å². The predicted octanol–water partition coefficient (Wildman–Crippen LogP) is 2.46. The molecule has 1 aromatic heterocycles. The number of thioether (sulfide) groups is 1. The summed E-state index contributed by atoms with van der Waals surface area (Å²) in [6.07, 6.45) is 4.99. The third-order valence-corrected chi connectivity index (χ3v) is 4.03. The first kappa shape index (κ1) is 14.4. The number of ether oxygens (including phenoxy) is 1. The van der Waals surface area contributed by atoms with Crippen LogP contribution in [0.5, 0.6) is 0 Å². The van der Waals surface area contributed by atoms with E-state index in [2.05, 4.69) is 24.3 Å². The van der Waals surface area contributed by atoms with Crippen LogP contribution in [-0.4, -0.2) is 40.5 Å². The number of nitrogens with zero attached hydrogens (tertiary/aromatic N) is 3. The Labute approximate surface area is 118 Å². The molecule has 6 heteroatoms. The Kier molecular flexibility index (Phi) is 5.27. The zero-order valence-corrected chi connectivity index (χ0v) is 12.6. The molecule has 0 saturated carbocycles. The number of rotatable bonds is 5. The summed E-state index contributed by atoms with van der Waals surface area (Å²) in [6, 6.07) is 0.437. The molecule has 0 spiro atoms. The third-order valence-electron chi connectivity index (χ3n) is 3.11. The highest BCUT2D eigenvalue weighted by atomic mass is 32.2. The maximum absolute atomic E-state index is 5.04. The standard InChI is InChI=1S/C13H22N4OS/c1-10(2)12-4-7-19-13(16-12)15-11-8-14-17(9-11)5-6-18-3/h8-10,12H,4-7H2,1-3H3,(H,15,16). The van der Waals surface area contributed by atoms with Gasteiger partial charge in [0.15, 0.2) is 5.17 Å². The lowest BCUT2D eigenvalue weighted by Crippen LogP contribution is -2.23. The van der Waals surface area contributed by atoms with Crippen LogP contribution in [0.2, 0.25) is 0 Å². The predicted molar refractivity (Wildman–Crippen MR) is 80.9 cm³/mol. The average molecular weight is 282 g/mol. The van der Waals surface area contributed by atoms with E-state index in [1.54, 1.807) is 18.9 Å². The van der Waals surface area contributed by atoms with Gasteiger partial charge in [0.25, 0.3) is 0 Å². The molecular weight excluding hydrogens is 260 g/mol. The highest BCUT2D eigenvalue weighted by Crippen LogP contribution is 2.23. The second kappa shape index (κ2) is 6.96. The summed E-state index contributed by atoms with van der Waals surface area (Å²) in [6.45, 7) is 5.90. The van der Waals surface area contributed by atoms with Crippen molar-refractivity contribution in [2.45, 2.75) is 32.9 Å². The highest BCUT2D eigenvalue weighted by molar-refractivity contribution is 8.14. The molecule has 0 aromatic carbocycles. The Balaban J connectivity index is 1.94. The Bertz CT molecular complexity index is 430. The smallest absolute Gasteiger partial charge is 0.161 e. The summed E-state index contributed by atoms with van der Waals surface area (Å²) >= 11 is 1.78.